The van der Waals surface area contributed by atoms with Gasteiger partial charge in [-0.3, -0.25) is 4.79 Å². The molecule has 1 unspecified atom stereocenters. The van der Waals surface area contributed by atoms with Crippen LogP contribution in [0.1, 0.15) is 20.7 Å². The van der Waals surface area contributed by atoms with E-state index in [1.54, 1.807) is 60.7 Å². The molecular weight excluding hydrogens is 350 g/mol. The fraction of sp³-hybridized carbons (Fsp3) is 0.250. The lowest BCUT2D eigenvalue weighted by Crippen LogP contribution is -2.61. The van der Waals surface area contributed by atoms with Crippen molar-refractivity contribution in [3.8, 4) is 0 Å². The summed E-state index contributed by atoms with van der Waals surface area (Å²) in [4.78, 5) is 38.4. The van der Waals surface area contributed by atoms with Crippen molar-refractivity contribution in [2.45, 2.75) is 5.54 Å². The van der Waals surface area contributed by atoms with E-state index in [-0.39, 0.29) is 5.56 Å². The van der Waals surface area contributed by atoms with Gasteiger partial charge in [0.05, 0.1) is 19.3 Å². The average Bonchev–Trinajstić information content (AvgIpc) is 2.74. The summed E-state index contributed by atoms with van der Waals surface area (Å²) in [6.45, 7) is -1.34. The number of methoxy groups -OCH3 is 1. The number of carbonyl (C=O) groups excluding carboxylic acids is 3. The van der Waals surface area contributed by atoms with Crippen molar-refractivity contribution < 1.29 is 29.0 Å². The molecule has 2 aromatic carbocycles. The largest absolute Gasteiger partial charge is 0.467 e. The van der Waals surface area contributed by atoms with Gasteiger partial charge in [-0.05, 0) is 24.3 Å². The molecule has 0 heterocycles. The summed E-state index contributed by atoms with van der Waals surface area (Å²) in [7, 11) is 2.48. The number of aliphatic hydroxyl groups is 1. The molecule has 0 bridgehead atoms. The Morgan fingerprint density at radius 2 is 1.48 bits per heavy atom. The molecule has 0 saturated carbocycles. The predicted molar refractivity (Wildman–Crippen MR) is 97.1 cm³/mol. The Bertz CT molecular complexity index is 793. The highest BCUT2D eigenvalue weighted by Gasteiger charge is 2.47. The fourth-order valence-corrected chi connectivity index (χ4v) is 2.51. The zero-order valence-corrected chi connectivity index (χ0v) is 15.1. The Morgan fingerprint density at radius 1 is 0.963 bits per heavy atom. The van der Waals surface area contributed by atoms with Crippen LogP contribution in [0.4, 0.5) is 0 Å². The van der Waals surface area contributed by atoms with E-state index in [0.717, 1.165) is 12.0 Å². The Labute approximate surface area is 157 Å². The predicted octanol–water partition coefficient (Wildman–Crippen LogP) is 1.52. The first-order valence-electron chi connectivity index (χ1n) is 8.21. The minimum absolute atomic E-state index is 0.284. The van der Waals surface area contributed by atoms with E-state index in [0.29, 0.717) is 5.56 Å². The maximum absolute atomic E-state index is 12.8. The molecule has 1 atom stereocenters. The number of hydrogen-bond acceptors (Lipinski definition) is 6. The van der Waals surface area contributed by atoms with Crippen molar-refractivity contribution in [1.82, 2.24) is 4.90 Å². The first-order chi connectivity index (χ1) is 13.0. The third-order valence-corrected chi connectivity index (χ3v) is 4.25. The summed E-state index contributed by atoms with van der Waals surface area (Å²) in [5.41, 5.74) is -1.27. The summed E-state index contributed by atoms with van der Waals surface area (Å²) in [6.07, 6.45) is 0. The van der Waals surface area contributed by atoms with Gasteiger partial charge < -0.3 is 19.5 Å². The number of likely N-dealkylation sites (N-methyl/N-ethyl adjacent to an activating group) is 1. The van der Waals surface area contributed by atoms with E-state index in [9.17, 15) is 19.5 Å². The number of aliphatic hydroxyl groups excluding tert-OH is 1. The minimum atomic E-state index is -1.87. The van der Waals surface area contributed by atoms with Crippen LogP contribution in [0.5, 0.6) is 0 Å². The van der Waals surface area contributed by atoms with Gasteiger partial charge in [0.25, 0.3) is 5.91 Å². The Hall–Kier alpha value is -3.19. The summed E-state index contributed by atoms with van der Waals surface area (Å²) in [5.74, 6) is -2.10. The van der Waals surface area contributed by atoms with Crippen LogP contribution >= 0.6 is 0 Å². The molecule has 0 aliphatic carbocycles. The van der Waals surface area contributed by atoms with Gasteiger partial charge in [-0.15, -0.1) is 0 Å². The minimum Gasteiger partial charge on any atom is -0.467 e. The topological polar surface area (TPSA) is 93.1 Å². The number of carbonyl (C=O) groups is 3. The van der Waals surface area contributed by atoms with Crippen LogP contribution in [0.15, 0.2) is 60.7 Å². The second kappa shape index (κ2) is 8.95. The zero-order valence-electron chi connectivity index (χ0n) is 15.1. The van der Waals surface area contributed by atoms with Gasteiger partial charge in [0, 0.05) is 12.6 Å². The molecule has 27 heavy (non-hydrogen) atoms. The summed E-state index contributed by atoms with van der Waals surface area (Å²) >= 11 is 0. The van der Waals surface area contributed by atoms with E-state index in [1.165, 1.54) is 7.05 Å². The molecule has 0 aliphatic rings. The Kier molecular flexibility index (Phi) is 6.67. The maximum Gasteiger partial charge on any atom is 0.338 e. The summed E-state index contributed by atoms with van der Waals surface area (Å²) in [5, 5.41) is 9.94. The molecule has 0 spiro atoms. The van der Waals surface area contributed by atoms with Crippen molar-refractivity contribution in [1.29, 1.82) is 0 Å². The molecule has 0 saturated heterocycles. The molecule has 2 rings (SSSR count). The molecule has 7 heteroatoms. The van der Waals surface area contributed by atoms with E-state index in [4.69, 9.17) is 9.47 Å². The van der Waals surface area contributed by atoms with Crippen molar-refractivity contribution in [3.05, 3.63) is 71.8 Å². The van der Waals surface area contributed by atoms with Crippen LogP contribution in [-0.2, 0) is 14.3 Å². The van der Waals surface area contributed by atoms with E-state index in [1.807, 2.05) is 0 Å². The highest BCUT2D eigenvalue weighted by molar-refractivity contribution is 5.98. The van der Waals surface area contributed by atoms with Crippen LogP contribution in [0.2, 0.25) is 0 Å². The molecule has 0 radical (unpaired) electrons. The van der Waals surface area contributed by atoms with Crippen molar-refractivity contribution in [2.24, 2.45) is 0 Å². The number of esters is 2. The van der Waals surface area contributed by atoms with Crippen molar-refractivity contribution in [2.75, 3.05) is 27.4 Å². The second-order valence-electron chi connectivity index (χ2n) is 5.85. The SMILES string of the molecule is COC(=O)C(CO)(COC(=O)c1ccccc1)N(C)C(=O)c1ccccc1. The fourth-order valence-electron chi connectivity index (χ4n) is 2.51. The number of benzene rings is 2. The van der Waals surface area contributed by atoms with Crippen LogP contribution in [0.3, 0.4) is 0 Å². The van der Waals surface area contributed by atoms with Gasteiger partial charge >= 0.3 is 11.9 Å². The van der Waals surface area contributed by atoms with Gasteiger partial charge in [-0.25, -0.2) is 9.59 Å². The Balaban J connectivity index is 2.27. The highest BCUT2D eigenvalue weighted by atomic mass is 16.6. The third-order valence-electron chi connectivity index (χ3n) is 4.25. The smallest absolute Gasteiger partial charge is 0.338 e. The lowest BCUT2D eigenvalue weighted by molar-refractivity contribution is -0.158. The molecule has 0 fully saturated rings. The van der Waals surface area contributed by atoms with Gasteiger partial charge in [-0.2, -0.15) is 0 Å². The van der Waals surface area contributed by atoms with Crippen LogP contribution in [0, 0.1) is 0 Å². The standard InChI is InChI=1S/C20H21NO6/c1-21(17(23)15-9-5-3-6-10-15)20(13-22,19(25)26-2)14-27-18(24)16-11-7-4-8-12-16/h3-12,22H,13-14H2,1-2H3. The quantitative estimate of drug-likeness (QED) is 0.742. The monoisotopic (exact) mass is 371 g/mol. The average molecular weight is 371 g/mol. The number of rotatable bonds is 7. The maximum atomic E-state index is 12.8. The number of hydrogen-bond donors (Lipinski definition) is 1. The highest BCUT2D eigenvalue weighted by Crippen LogP contribution is 2.20. The number of nitrogens with zero attached hydrogens (tertiary/aromatic N) is 1. The first-order valence-corrected chi connectivity index (χ1v) is 8.21. The van der Waals surface area contributed by atoms with Gasteiger partial charge in [0.15, 0.2) is 5.54 Å². The summed E-state index contributed by atoms with van der Waals surface area (Å²) < 4.78 is 9.99. The number of ether oxygens (including phenoxy) is 2. The lowest BCUT2D eigenvalue weighted by atomic mass is 9.98. The molecule has 142 valence electrons. The molecule has 0 aromatic heterocycles. The Morgan fingerprint density at radius 3 is 1.96 bits per heavy atom. The molecule has 0 aliphatic heterocycles. The van der Waals surface area contributed by atoms with Crippen molar-refractivity contribution in [3.63, 3.8) is 0 Å². The molecule has 7 nitrogen and oxygen atoms in total. The van der Waals surface area contributed by atoms with Gasteiger partial charge in [-0.1, -0.05) is 36.4 Å². The zero-order chi connectivity index (χ0) is 19.9. The first kappa shape index (κ1) is 20.1. The van der Waals surface area contributed by atoms with E-state index < -0.39 is 36.6 Å². The lowest BCUT2D eigenvalue weighted by Gasteiger charge is -2.37. The van der Waals surface area contributed by atoms with Gasteiger partial charge in [0.2, 0.25) is 0 Å². The summed E-state index contributed by atoms with van der Waals surface area (Å²) in [6, 6.07) is 16.4. The van der Waals surface area contributed by atoms with E-state index >= 15 is 0 Å². The van der Waals surface area contributed by atoms with Crippen molar-refractivity contribution >= 4 is 17.8 Å². The molecule has 2 aromatic rings. The van der Waals surface area contributed by atoms with Gasteiger partial charge in [0.1, 0.15) is 6.61 Å². The third kappa shape index (κ3) is 4.32. The number of amides is 1. The van der Waals surface area contributed by atoms with Crippen LogP contribution in [-0.4, -0.2) is 60.8 Å². The normalized spacial score (nSPS) is 12.6. The van der Waals surface area contributed by atoms with Crippen LogP contribution in [0.25, 0.3) is 0 Å². The van der Waals surface area contributed by atoms with Crippen LogP contribution < -0.4 is 0 Å². The molecule has 1 amide bonds. The second-order valence-corrected chi connectivity index (χ2v) is 5.85. The molecular formula is C20H21NO6. The molecule has 1 N–H and O–H groups in total. The van der Waals surface area contributed by atoms with E-state index in [2.05, 4.69) is 0 Å².